The van der Waals surface area contributed by atoms with Crippen LogP contribution in [0.2, 0.25) is 0 Å². The highest BCUT2D eigenvalue weighted by Crippen LogP contribution is 2.31. The largest absolute Gasteiger partial charge is 0.327 e. The Balaban J connectivity index is 2.26. The van der Waals surface area contributed by atoms with Crippen LogP contribution in [0.5, 0.6) is 0 Å². The maximum Gasteiger partial charge on any atom is 0.0201 e. The molecule has 0 radical (unpaired) electrons. The van der Waals surface area contributed by atoms with E-state index in [2.05, 4.69) is 13.8 Å². The van der Waals surface area contributed by atoms with Crippen LogP contribution < -0.4 is 5.73 Å². The summed E-state index contributed by atoms with van der Waals surface area (Å²) in [4.78, 5) is 0. The average molecular weight is 159 g/mol. The second-order valence-corrected chi connectivity index (χ2v) is 5.14. The minimum absolute atomic E-state index is 0.479. The molecule has 1 saturated carbocycles. The van der Waals surface area contributed by atoms with Gasteiger partial charge in [-0.1, -0.05) is 20.3 Å². The van der Waals surface area contributed by atoms with Crippen LogP contribution in [-0.4, -0.2) is 16.5 Å². The molecule has 0 bridgehead atoms. The van der Waals surface area contributed by atoms with Gasteiger partial charge in [0.05, 0.1) is 0 Å². The van der Waals surface area contributed by atoms with Crippen molar-refractivity contribution < 1.29 is 0 Å². The van der Waals surface area contributed by atoms with E-state index in [4.69, 9.17) is 5.73 Å². The SMILES string of the molecule is CC(C)SC1CCCC1N. The predicted molar refractivity (Wildman–Crippen MR) is 48.3 cm³/mol. The molecule has 0 saturated heterocycles. The molecule has 10 heavy (non-hydrogen) atoms. The van der Waals surface area contributed by atoms with Gasteiger partial charge >= 0.3 is 0 Å². The molecule has 2 heteroatoms. The number of hydrogen-bond acceptors (Lipinski definition) is 2. The molecule has 0 aromatic carbocycles. The van der Waals surface area contributed by atoms with Crippen LogP contribution in [0.4, 0.5) is 0 Å². The van der Waals surface area contributed by atoms with Crippen molar-refractivity contribution in [3.05, 3.63) is 0 Å². The lowest BCUT2D eigenvalue weighted by molar-refractivity contribution is 0.714. The van der Waals surface area contributed by atoms with E-state index in [1.54, 1.807) is 0 Å². The van der Waals surface area contributed by atoms with E-state index in [1.807, 2.05) is 11.8 Å². The third-order valence-electron chi connectivity index (χ3n) is 1.95. The second-order valence-electron chi connectivity index (χ2n) is 3.32. The molecule has 1 fully saturated rings. The van der Waals surface area contributed by atoms with Gasteiger partial charge in [-0.3, -0.25) is 0 Å². The van der Waals surface area contributed by atoms with E-state index < -0.39 is 0 Å². The molecule has 0 aromatic rings. The fourth-order valence-electron chi connectivity index (χ4n) is 1.47. The van der Waals surface area contributed by atoms with Gasteiger partial charge in [-0.05, 0) is 18.1 Å². The standard InChI is InChI=1S/C8H17NS/c1-6(2)10-8-5-3-4-7(8)9/h6-8H,3-5,9H2,1-2H3. The van der Waals surface area contributed by atoms with Crippen LogP contribution in [0.1, 0.15) is 33.1 Å². The Kier molecular flexibility index (Phi) is 3.05. The van der Waals surface area contributed by atoms with Crippen LogP contribution >= 0.6 is 11.8 Å². The summed E-state index contributed by atoms with van der Waals surface area (Å²) in [6, 6.07) is 0.479. The molecule has 0 aliphatic heterocycles. The quantitative estimate of drug-likeness (QED) is 0.667. The Labute approximate surface area is 67.8 Å². The number of hydrogen-bond donors (Lipinski definition) is 1. The van der Waals surface area contributed by atoms with Crippen LogP contribution in [-0.2, 0) is 0 Å². The smallest absolute Gasteiger partial charge is 0.0201 e. The second kappa shape index (κ2) is 3.63. The maximum absolute atomic E-state index is 5.91. The first-order valence-electron chi connectivity index (χ1n) is 4.11. The van der Waals surface area contributed by atoms with E-state index in [9.17, 15) is 0 Å². The van der Waals surface area contributed by atoms with Crippen molar-refractivity contribution in [2.24, 2.45) is 5.73 Å². The Morgan fingerprint density at radius 1 is 1.40 bits per heavy atom. The highest BCUT2D eigenvalue weighted by Gasteiger charge is 2.24. The molecule has 1 nitrogen and oxygen atoms in total. The summed E-state index contributed by atoms with van der Waals surface area (Å²) in [6.07, 6.45) is 3.92. The van der Waals surface area contributed by atoms with E-state index in [1.165, 1.54) is 19.3 Å². The van der Waals surface area contributed by atoms with Gasteiger partial charge in [0.2, 0.25) is 0 Å². The van der Waals surface area contributed by atoms with Gasteiger partial charge in [-0.15, -0.1) is 0 Å². The van der Waals surface area contributed by atoms with E-state index in [0.717, 1.165) is 10.5 Å². The molecule has 0 amide bonds. The topological polar surface area (TPSA) is 26.0 Å². The summed E-state index contributed by atoms with van der Waals surface area (Å²) >= 11 is 2.05. The third kappa shape index (κ3) is 2.17. The molecule has 1 rings (SSSR count). The maximum atomic E-state index is 5.91. The average Bonchev–Trinajstić information content (AvgIpc) is 2.15. The Morgan fingerprint density at radius 2 is 2.10 bits per heavy atom. The first-order chi connectivity index (χ1) is 4.70. The normalized spacial score (nSPS) is 33.6. The Hall–Kier alpha value is 0.310. The van der Waals surface area contributed by atoms with Gasteiger partial charge in [0.25, 0.3) is 0 Å². The molecule has 1 aliphatic carbocycles. The van der Waals surface area contributed by atoms with Crippen molar-refractivity contribution >= 4 is 11.8 Å². The minimum Gasteiger partial charge on any atom is -0.327 e. The summed E-state index contributed by atoms with van der Waals surface area (Å²) < 4.78 is 0. The van der Waals surface area contributed by atoms with Gasteiger partial charge < -0.3 is 5.73 Å². The zero-order chi connectivity index (χ0) is 7.56. The summed E-state index contributed by atoms with van der Waals surface area (Å²) in [5, 5.41) is 1.49. The fourth-order valence-corrected chi connectivity index (χ4v) is 2.81. The Bertz CT molecular complexity index is 103. The molecule has 0 spiro atoms. The number of thioether (sulfide) groups is 1. The lowest BCUT2D eigenvalue weighted by Gasteiger charge is -2.16. The van der Waals surface area contributed by atoms with Gasteiger partial charge in [0.15, 0.2) is 0 Å². The van der Waals surface area contributed by atoms with Crippen molar-refractivity contribution in [2.45, 2.75) is 49.7 Å². The summed E-state index contributed by atoms with van der Waals surface area (Å²) in [5.41, 5.74) is 5.91. The minimum atomic E-state index is 0.479. The summed E-state index contributed by atoms with van der Waals surface area (Å²) in [5.74, 6) is 0. The van der Waals surface area contributed by atoms with Crippen LogP contribution in [0, 0.1) is 0 Å². The molecule has 0 aromatic heterocycles. The zero-order valence-electron chi connectivity index (χ0n) is 6.84. The molecular formula is C8H17NS. The van der Waals surface area contributed by atoms with Gasteiger partial charge in [-0.25, -0.2) is 0 Å². The number of nitrogens with two attached hydrogens (primary N) is 1. The van der Waals surface area contributed by atoms with Crippen molar-refractivity contribution in [2.75, 3.05) is 0 Å². The first-order valence-corrected chi connectivity index (χ1v) is 5.05. The monoisotopic (exact) mass is 159 g/mol. The van der Waals surface area contributed by atoms with Gasteiger partial charge in [-0.2, -0.15) is 11.8 Å². The van der Waals surface area contributed by atoms with E-state index in [0.29, 0.717) is 6.04 Å². The summed E-state index contributed by atoms with van der Waals surface area (Å²) in [7, 11) is 0. The number of rotatable bonds is 2. The molecule has 2 unspecified atom stereocenters. The van der Waals surface area contributed by atoms with Crippen molar-refractivity contribution in [1.82, 2.24) is 0 Å². The highest BCUT2D eigenvalue weighted by atomic mass is 32.2. The molecule has 1 aliphatic rings. The molecule has 2 N–H and O–H groups in total. The van der Waals surface area contributed by atoms with Gasteiger partial charge in [0.1, 0.15) is 0 Å². The predicted octanol–water partition coefficient (Wildman–Crippen LogP) is 2.01. The van der Waals surface area contributed by atoms with Crippen molar-refractivity contribution in [3.63, 3.8) is 0 Å². The lowest BCUT2D eigenvalue weighted by Crippen LogP contribution is -2.27. The van der Waals surface area contributed by atoms with Gasteiger partial charge in [0, 0.05) is 11.3 Å². The molecular weight excluding hydrogens is 142 g/mol. The van der Waals surface area contributed by atoms with E-state index >= 15 is 0 Å². The van der Waals surface area contributed by atoms with Crippen LogP contribution in [0.25, 0.3) is 0 Å². The third-order valence-corrected chi connectivity index (χ3v) is 3.43. The molecule has 0 heterocycles. The zero-order valence-corrected chi connectivity index (χ0v) is 7.66. The molecule has 2 atom stereocenters. The van der Waals surface area contributed by atoms with Crippen LogP contribution in [0.3, 0.4) is 0 Å². The van der Waals surface area contributed by atoms with Crippen LogP contribution in [0.15, 0.2) is 0 Å². The Morgan fingerprint density at radius 3 is 2.50 bits per heavy atom. The highest BCUT2D eigenvalue weighted by molar-refractivity contribution is 8.00. The fraction of sp³-hybridized carbons (Fsp3) is 1.00. The molecule has 60 valence electrons. The van der Waals surface area contributed by atoms with Crippen molar-refractivity contribution in [1.29, 1.82) is 0 Å². The first kappa shape index (κ1) is 8.41. The van der Waals surface area contributed by atoms with E-state index in [-0.39, 0.29) is 0 Å². The van der Waals surface area contributed by atoms with Crippen molar-refractivity contribution in [3.8, 4) is 0 Å². The lowest BCUT2D eigenvalue weighted by atomic mass is 10.3. The summed E-state index contributed by atoms with van der Waals surface area (Å²) in [6.45, 7) is 4.49.